The van der Waals surface area contributed by atoms with E-state index in [2.05, 4.69) is 34.6 Å². The summed E-state index contributed by atoms with van der Waals surface area (Å²) in [5, 5.41) is 6.79. The molecule has 3 rings (SSSR count). The zero-order valence-electron chi connectivity index (χ0n) is 18.2. The lowest BCUT2D eigenvalue weighted by atomic mass is 10.1. The minimum atomic E-state index is -0.397. The molecule has 1 aliphatic rings. The summed E-state index contributed by atoms with van der Waals surface area (Å²) in [6.07, 6.45) is 1.96. The van der Waals surface area contributed by atoms with Gasteiger partial charge in [-0.05, 0) is 54.9 Å². The minimum Gasteiger partial charge on any atom is -0.324 e. The van der Waals surface area contributed by atoms with Crippen molar-refractivity contribution < 1.29 is 14.0 Å². The molecule has 0 atom stereocenters. The molecule has 0 aromatic heterocycles. The van der Waals surface area contributed by atoms with E-state index in [1.807, 2.05) is 18.2 Å². The van der Waals surface area contributed by atoms with Gasteiger partial charge in [0, 0.05) is 23.6 Å². The maximum atomic E-state index is 13.2. The van der Waals surface area contributed by atoms with Gasteiger partial charge in [-0.15, -0.1) is 11.8 Å². The number of nitrogens with zero attached hydrogens (tertiary/aromatic N) is 2. The standard InChI is InChI=1S/C24H27FN4O2S/c1-3-29(4-2)16-18-8-5-9-19(13-18)23(30)27-21-11-12-32-22(21)24(31)28-26-15-17-7-6-10-20(25)14-17/h5-10,13-15H,3-4,11-12,16H2,1-2H3,(H,27,30)(H,28,31)/b26-15+. The van der Waals surface area contributed by atoms with E-state index in [1.54, 1.807) is 18.2 Å². The Labute approximate surface area is 192 Å². The van der Waals surface area contributed by atoms with Crippen LogP contribution >= 0.6 is 11.8 Å². The second-order valence-corrected chi connectivity index (χ2v) is 8.38. The lowest BCUT2D eigenvalue weighted by Gasteiger charge is -2.18. The Balaban J connectivity index is 1.65. The van der Waals surface area contributed by atoms with Crippen LogP contribution in [0.4, 0.5) is 4.39 Å². The Bertz CT molecular complexity index is 1030. The number of carbonyl (C=O) groups is 2. The van der Waals surface area contributed by atoms with Crippen LogP contribution < -0.4 is 10.7 Å². The van der Waals surface area contributed by atoms with Gasteiger partial charge in [0.2, 0.25) is 0 Å². The number of benzene rings is 2. The molecule has 8 heteroatoms. The summed E-state index contributed by atoms with van der Waals surface area (Å²) in [4.78, 5) is 28.1. The molecule has 0 fully saturated rings. The number of nitrogens with one attached hydrogen (secondary N) is 2. The van der Waals surface area contributed by atoms with Crippen LogP contribution in [0.15, 0.2) is 64.2 Å². The largest absolute Gasteiger partial charge is 0.324 e. The zero-order valence-corrected chi connectivity index (χ0v) is 19.0. The van der Waals surface area contributed by atoms with Crippen molar-refractivity contribution in [2.24, 2.45) is 5.10 Å². The lowest BCUT2D eigenvalue weighted by Crippen LogP contribution is -2.27. The Morgan fingerprint density at radius 1 is 1.12 bits per heavy atom. The Kier molecular flexibility index (Phi) is 8.58. The molecular weight excluding hydrogens is 427 g/mol. The van der Waals surface area contributed by atoms with Crippen LogP contribution in [-0.4, -0.2) is 41.8 Å². The molecular formula is C24H27FN4O2S. The molecule has 2 N–H and O–H groups in total. The van der Waals surface area contributed by atoms with Crippen LogP contribution in [-0.2, 0) is 11.3 Å². The Morgan fingerprint density at radius 3 is 2.66 bits per heavy atom. The SMILES string of the molecule is CCN(CC)Cc1cccc(C(=O)NC2=C(C(=O)N/N=C/c3cccc(F)c3)SCC2)c1. The fraction of sp³-hybridized carbons (Fsp3) is 0.292. The van der Waals surface area contributed by atoms with Gasteiger partial charge in [0.25, 0.3) is 11.8 Å². The first kappa shape index (κ1) is 23.7. The van der Waals surface area contributed by atoms with Crippen molar-refractivity contribution in [3.63, 3.8) is 0 Å². The van der Waals surface area contributed by atoms with Crippen molar-refractivity contribution in [2.75, 3.05) is 18.8 Å². The molecule has 1 heterocycles. The van der Waals surface area contributed by atoms with E-state index in [-0.39, 0.29) is 11.7 Å². The first-order chi connectivity index (χ1) is 15.5. The van der Waals surface area contributed by atoms with Gasteiger partial charge in [-0.2, -0.15) is 5.10 Å². The highest BCUT2D eigenvalue weighted by Crippen LogP contribution is 2.30. The quantitative estimate of drug-likeness (QED) is 0.445. The Morgan fingerprint density at radius 2 is 1.91 bits per heavy atom. The zero-order chi connectivity index (χ0) is 22.9. The Hall–Kier alpha value is -2.97. The summed E-state index contributed by atoms with van der Waals surface area (Å²) >= 11 is 1.37. The number of rotatable bonds is 9. The lowest BCUT2D eigenvalue weighted by molar-refractivity contribution is -0.116. The van der Waals surface area contributed by atoms with E-state index < -0.39 is 5.91 Å². The van der Waals surface area contributed by atoms with Crippen LogP contribution in [0.3, 0.4) is 0 Å². The fourth-order valence-electron chi connectivity index (χ4n) is 3.31. The summed E-state index contributed by atoms with van der Waals surface area (Å²) < 4.78 is 13.2. The molecule has 1 aliphatic heterocycles. The van der Waals surface area contributed by atoms with E-state index in [0.29, 0.717) is 33.9 Å². The molecule has 2 aromatic carbocycles. The van der Waals surface area contributed by atoms with Crippen molar-refractivity contribution in [3.8, 4) is 0 Å². The third kappa shape index (κ3) is 6.51. The smallest absolute Gasteiger partial charge is 0.279 e. The molecule has 0 bridgehead atoms. The van der Waals surface area contributed by atoms with Gasteiger partial charge >= 0.3 is 0 Å². The number of amides is 2. The van der Waals surface area contributed by atoms with Crippen LogP contribution in [0.5, 0.6) is 0 Å². The van der Waals surface area contributed by atoms with Crippen LogP contribution in [0.2, 0.25) is 0 Å². The maximum absolute atomic E-state index is 13.2. The van der Waals surface area contributed by atoms with E-state index in [9.17, 15) is 14.0 Å². The highest BCUT2D eigenvalue weighted by Gasteiger charge is 2.23. The van der Waals surface area contributed by atoms with Crippen LogP contribution in [0.25, 0.3) is 0 Å². The number of carbonyl (C=O) groups excluding carboxylic acids is 2. The van der Waals surface area contributed by atoms with E-state index in [0.717, 1.165) is 25.2 Å². The molecule has 168 valence electrons. The number of hydrogen-bond donors (Lipinski definition) is 2. The maximum Gasteiger partial charge on any atom is 0.279 e. The predicted octanol–water partition coefficient (Wildman–Crippen LogP) is 3.90. The molecule has 2 aromatic rings. The molecule has 0 unspecified atom stereocenters. The van der Waals surface area contributed by atoms with Crippen molar-refractivity contribution in [1.29, 1.82) is 0 Å². The van der Waals surface area contributed by atoms with Crippen LogP contribution in [0, 0.1) is 5.82 Å². The highest BCUT2D eigenvalue weighted by molar-refractivity contribution is 8.04. The number of allylic oxidation sites excluding steroid dienone is 1. The number of hydrogen-bond acceptors (Lipinski definition) is 5. The number of thioether (sulfide) groups is 1. The number of hydrazone groups is 1. The molecule has 0 aliphatic carbocycles. The van der Waals surface area contributed by atoms with Gasteiger partial charge in [0.15, 0.2) is 0 Å². The summed E-state index contributed by atoms with van der Waals surface area (Å²) in [5.41, 5.74) is 5.21. The van der Waals surface area contributed by atoms with Gasteiger partial charge in [-0.25, -0.2) is 9.82 Å². The topological polar surface area (TPSA) is 73.8 Å². The van der Waals surface area contributed by atoms with Gasteiger partial charge in [-0.3, -0.25) is 14.5 Å². The summed E-state index contributed by atoms with van der Waals surface area (Å²) in [6.45, 7) is 6.89. The van der Waals surface area contributed by atoms with Crippen molar-refractivity contribution in [3.05, 3.63) is 81.6 Å². The molecule has 6 nitrogen and oxygen atoms in total. The number of halogens is 1. The first-order valence-corrected chi connectivity index (χ1v) is 11.6. The monoisotopic (exact) mass is 454 g/mol. The molecule has 0 spiro atoms. The van der Waals surface area contributed by atoms with E-state index >= 15 is 0 Å². The third-order valence-electron chi connectivity index (χ3n) is 5.06. The normalized spacial score (nSPS) is 13.8. The average Bonchev–Trinajstić information content (AvgIpc) is 3.26. The first-order valence-electron chi connectivity index (χ1n) is 10.6. The molecule has 2 amide bonds. The minimum absolute atomic E-state index is 0.238. The fourth-order valence-corrected chi connectivity index (χ4v) is 4.32. The molecule has 32 heavy (non-hydrogen) atoms. The molecule has 0 radical (unpaired) electrons. The average molecular weight is 455 g/mol. The van der Waals surface area contributed by atoms with Gasteiger partial charge in [0.1, 0.15) is 5.82 Å². The van der Waals surface area contributed by atoms with E-state index in [4.69, 9.17) is 0 Å². The van der Waals surface area contributed by atoms with Crippen LogP contribution in [0.1, 0.15) is 41.8 Å². The van der Waals surface area contributed by atoms with Crippen molar-refractivity contribution in [1.82, 2.24) is 15.6 Å². The van der Waals surface area contributed by atoms with E-state index in [1.165, 1.54) is 30.1 Å². The van der Waals surface area contributed by atoms with Gasteiger partial charge in [-0.1, -0.05) is 38.1 Å². The summed E-state index contributed by atoms with van der Waals surface area (Å²) in [7, 11) is 0. The second kappa shape index (κ2) is 11.6. The van der Waals surface area contributed by atoms with Crippen molar-refractivity contribution >= 4 is 29.8 Å². The summed E-state index contributed by atoms with van der Waals surface area (Å²) in [5.74, 6) is -0.308. The molecule has 0 saturated heterocycles. The van der Waals surface area contributed by atoms with Gasteiger partial charge in [0.05, 0.1) is 11.1 Å². The van der Waals surface area contributed by atoms with Crippen molar-refractivity contribution in [2.45, 2.75) is 26.8 Å². The van der Waals surface area contributed by atoms with Gasteiger partial charge < -0.3 is 5.32 Å². The second-order valence-electron chi connectivity index (χ2n) is 7.28. The molecule has 0 saturated carbocycles. The third-order valence-corrected chi connectivity index (χ3v) is 6.19. The highest BCUT2D eigenvalue weighted by atomic mass is 32.2. The summed E-state index contributed by atoms with van der Waals surface area (Å²) in [6, 6.07) is 13.5. The predicted molar refractivity (Wildman–Crippen MR) is 127 cm³/mol.